The monoisotopic (exact) mass is 426 g/mol. The molecule has 1 atom stereocenters. The van der Waals surface area contributed by atoms with E-state index < -0.39 is 47.7 Å². The first kappa shape index (κ1) is 21.0. The van der Waals surface area contributed by atoms with Crippen molar-refractivity contribution in [1.82, 2.24) is 25.2 Å². The Kier molecular flexibility index (Phi) is 5.54. The predicted octanol–water partition coefficient (Wildman–Crippen LogP) is 1.97. The van der Waals surface area contributed by atoms with Gasteiger partial charge in [-0.25, -0.2) is 4.39 Å². The maximum atomic E-state index is 13.4. The van der Waals surface area contributed by atoms with Gasteiger partial charge in [0.15, 0.2) is 5.69 Å². The molecule has 30 heavy (non-hydrogen) atoms. The minimum atomic E-state index is -4.74. The molecular weight excluding hydrogens is 412 g/mol. The molecule has 0 bridgehead atoms. The highest BCUT2D eigenvalue weighted by molar-refractivity contribution is 5.93. The molecule has 0 spiro atoms. The molecule has 13 heteroatoms. The summed E-state index contributed by atoms with van der Waals surface area (Å²) < 4.78 is 57.6. The van der Waals surface area contributed by atoms with Crippen molar-refractivity contribution >= 4 is 11.8 Å². The lowest BCUT2D eigenvalue weighted by molar-refractivity contribution is -0.141. The summed E-state index contributed by atoms with van der Waals surface area (Å²) in [6.45, 7) is 0. The molecule has 3 rings (SSSR count). The summed E-state index contributed by atoms with van der Waals surface area (Å²) in [5.74, 6) is -2.62. The number of nitrogens with one attached hydrogen (secondary N) is 1. The number of aromatic nitrogens is 4. The van der Waals surface area contributed by atoms with Crippen LogP contribution in [0.1, 0.15) is 34.5 Å². The fraction of sp³-hybridized carbons (Fsp3) is 0.235. The summed E-state index contributed by atoms with van der Waals surface area (Å²) >= 11 is 0. The summed E-state index contributed by atoms with van der Waals surface area (Å²) in [4.78, 5) is 27.9. The second kappa shape index (κ2) is 7.93. The van der Waals surface area contributed by atoms with Crippen molar-refractivity contribution < 1.29 is 31.7 Å². The third kappa shape index (κ3) is 4.61. The zero-order valence-corrected chi connectivity index (χ0v) is 15.3. The van der Waals surface area contributed by atoms with Gasteiger partial charge >= 0.3 is 6.18 Å². The average Bonchev–Trinajstić information content (AvgIpc) is 3.27. The van der Waals surface area contributed by atoms with Crippen LogP contribution in [0.5, 0.6) is 0 Å². The van der Waals surface area contributed by atoms with E-state index in [1.54, 1.807) is 0 Å². The zero-order chi connectivity index (χ0) is 22.1. The summed E-state index contributed by atoms with van der Waals surface area (Å²) in [7, 11) is 1.15. The van der Waals surface area contributed by atoms with E-state index in [0.717, 1.165) is 17.8 Å². The molecule has 2 aromatic heterocycles. The maximum Gasteiger partial charge on any atom is 0.435 e. The van der Waals surface area contributed by atoms with Crippen LogP contribution in [-0.2, 0) is 18.0 Å². The molecule has 0 radical (unpaired) electrons. The van der Waals surface area contributed by atoms with Crippen LogP contribution in [0.25, 0.3) is 11.4 Å². The first-order chi connectivity index (χ1) is 14.0. The Hall–Kier alpha value is -3.77. The van der Waals surface area contributed by atoms with Crippen LogP contribution in [0, 0.1) is 5.82 Å². The van der Waals surface area contributed by atoms with Gasteiger partial charge in [-0.05, 0) is 12.1 Å². The second-order valence-electron chi connectivity index (χ2n) is 6.20. The molecule has 158 valence electrons. The summed E-state index contributed by atoms with van der Waals surface area (Å²) in [5, 5.41) is 9.24. The van der Waals surface area contributed by atoms with Gasteiger partial charge in [0.1, 0.15) is 17.6 Å². The van der Waals surface area contributed by atoms with Crippen LogP contribution in [0.3, 0.4) is 0 Å². The fourth-order valence-electron chi connectivity index (χ4n) is 2.57. The number of aryl methyl sites for hydroxylation is 1. The number of carbonyl (C=O) groups excluding carboxylic acids is 2. The first-order valence-corrected chi connectivity index (χ1v) is 8.34. The molecule has 3 aromatic rings. The molecule has 9 nitrogen and oxygen atoms in total. The van der Waals surface area contributed by atoms with Crippen LogP contribution >= 0.6 is 0 Å². The van der Waals surface area contributed by atoms with E-state index in [1.165, 1.54) is 18.2 Å². The van der Waals surface area contributed by atoms with E-state index in [0.29, 0.717) is 6.07 Å². The first-order valence-electron chi connectivity index (χ1n) is 8.34. The van der Waals surface area contributed by atoms with E-state index in [1.807, 2.05) is 0 Å². The van der Waals surface area contributed by atoms with Crippen LogP contribution in [-0.4, -0.2) is 31.7 Å². The molecule has 1 unspecified atom stereocenters. The number of carbonyl (C=O) groups is 2. The number of rotatable bonds is 6. The maximum absolute atomic E-state index is 13.4. The minimum absolute atomic E-state index is 0.0203. The SMILES string of the molecule is Cn1nc(C(F)(F)F)cc1C(=O)NC(CC(N)=O)c1nc(-c2cccc(F)c2)no1. The van der Waals surface area contributed by atoms with Gasteiger partial charge in [0, 0.05) is 18.7 Å². The fourth-order valence-corrected chi connectivity index (χ4v) is 2.57. The Balaban J connectivity index is 1.86. The van der Waals surface area contributed by atoms with Gasteiger partial charge < -0.3 is 15.6 Å². The molecule has 0 aliphatic carbocycles. The molecule has 2 heterocycles. The number of nitrogens with two attached hydrogens (primary N) is 1. The Morgan fingerprint density at radius 3 is 2.63 bits per heavy atom. The topological polar surface area (TPSA) is 129 Å². The van der Waals surface area contributed by atoms with Crippen molar-refractivity contribution in [2.24, 2.45) is 12.8 Å². The van der Waals surface area contributed by atoms with E-state index >= 15 is 0 Å². The van der Waals surface area contributed by atoms with Gasteiger partial charge in [-0.3, -0.25) is 14.3 Å². The van der Waals surface area contributed by atoms with Gasteiger partial charge in [0.25, 0.3) is 5.91 Å². The van der Waals surface area contributed by atoms with Gasteiger partial charge in [-0.1, -0.05) is 17.3 Å². The number of primary amides is 1. The lowest BCUT2D eigenvalue weighted by Crippen LogP contribution is -2.33. The number of hydrogen-bond donors (Lipinski definition) is 2. The van der Waals surface area contributed by atoms with E-state index in [4.69, 9.17) is 10.3 Å². The Labute approximate surface area is 165 Å². The number of alkyl halides is 3. The van der Waals surface area contributed by atoms with Crippen molar-refractivity contribution in [2.75, 3.05) is 0 Å². The second-order valence-corrected chi connectivity index (χ2v) is 6.20. The van der Waals surface area contributed by atoms with Crippen LogP contribution in [0.4, 0.5) is 17.6 Å². The van der Waals surface area contributed by atoms with Gasteiger partial charge in [-0.2, -0.15) is 23.3 Å². The van der Waals surface area contributed by atoms with Crippen LogP contribution in [0.2, 0.25) is 0 Å². The van der Waals surface area contributed by atoms with Crippen LogP contribution in [0.15, 0.2) is 34.9 Å². The lowest BCUT2D eigenvalue weighted by Gasteiger charge is -2.13. The quantitative estimate of drug-likeness (QED) is 0.580. The smallest absolute Gasteiger partial charge is 0.370 e. The molecule has 0 saturated carbocycles. The molecule has 1 aromatic carbocycles. The van der Waals surface area contributed by atoms with Gasteiger partial charge in [0.05, 0.1) is 6.42 Å². The number of nitrogens with zero attached hydrogens (tertiary/aromatic N) is 4. The van der Waals surface area contributed by atoms with Crippen molar-refractivity contribution in [3.05, 3.63) is 53.4 Å². The van der Waals surface area contributed by atoms with Crippen molar-refractivity contribution in [1.29, 1.82) is 0 Å². The number of halogens is 4. The van der Waals surface area contributed by atoms with Crippen molar-refractivity contribution in [3.8, 4) is 11.4 Å². The normalized spacial score (nSPS) is 12.6. The minimum Gasteiger partial charge on any atom is -0.370 e. The van der Waals surface area contributed by atoms with Crippen molar-refractivity contribution in [2.45, 2.75) is 18.6 Å². The third-order valence-electron chi connectivity index (χ3n) is 3.94. The Bertz CT molecular complexity index is 1090. The largest absolute Gasteiger partial charge is 0.435 e. The molecular formula is C17H14F4N6O3. The number of benzene rings is 1. The summed E-state index contributed by atoms with van der Waals surface area (Å²) in [5.41, 5.74) is 3.78. The predicted molar refractivity (Wildman–Crippen MR) is 91.9 cm³/mol. The molecule has 2 amide bonds. The highest BCUT2D eigenvalue weighted by Gasteiger charge is 2.36. The van der Waals surface area contributed by atoms with Crippen LogP contribution < -0.4 is 11.1 Å². The standard InChI is InChI=1S/C17H14F4N6O3/c1-27-11(7-12(25-27)17(19,20)21)15(29)23-10(6-13(22)28)16-24-14(26-30-16)8-3-2-4-9(18)5-8/h2-5,7,10H,6H2,1H3,(H2,22,28)(H,23,29). The van der Waals surface area contributed by atoms with Gasteiger partial charge in [-0.15, -0.1) is 0 Å². The number of hydrogen-bond acceptors (Lipinski definition) is 6. The molecule has 0 fully saturated rings. The zero-order valence-electron chi connectivity index (χ0n) is 15.3. The van der Waals surface area contributed by atoms with E-state index in [9.17, 15) is 27.2 Å². The van der Waals surface area contributed by atoms with E-state index in [2.05, 4.69) is 20.6 Å². The molecule has 0 saturated heterocycles. The molecule has 0 aliphatic heterocycles. The Morgan fingerprint density at radius 2 is 2.03 bits per heavy atom. The molecule has 3 N–H and O–H groups in total. The van der Waals surface area contributed by atoms with Crippen molar-refractivity contribution in [3.63, 3.8) is 0 Å². The summed E-state index contributed by atoms with van der Waals surface area (Å²) in [6, 6.07) is 4.61. The average molecular weight is 426 g/mol. The van der Waals surface area contributed by atoms with Gasteiger partial charge in [0.2, 0.25) is 17.6 Å². The highest BCUT2D eigenvalue weighted by atomic mass is 19.4. The third-order valence-corrected chi connectivity index (χ3v) is 3.94. The lowest BCUT2D eigenvalue weighted by atomic mass is 10.1. The molecule has 0 aliphatic rings. The summed E-state index contributed by atoms with van der Waals surface area (Å²) in [6.07, 6.45) is -5.21. The van der Waals surface area contributed by atoms with E-state index in [-0.39, 0.29) is 17.3 Å². The Morgan fingerprint density at radius 1 is 1.30 bits per heavy atom. The highest BCUT2D eigenvalue weighted by Crippen LogP contribution is 2.28. The number of amides is 2.